The van der Waals surface area contributed by atoms with Crippen molar-refractivity contribution in [2.24, 2.45) is 18.7 Å². The molecule has 0 saturated heterocycles. The summed E-state index contributed by atoms with van der Waals surface area (Å²) in [6.07, 6.45) is 7.05. The largest absolute Gasteiger partial charge is 0.357 e. The van der Waals surface area contributed by atoms with E-state index in [0.717, 1.165) is 6.54 Å². The highest BCUT2D eigenvalue weighted by Gasteiger charge is 2.27. The molecule has 1 aliphatic rings. The molecule has 0 spiro atoms. The van der Waals surface area contributed by atoms with Gasteiger partial charge in [-0.25, -0.2) is 0 Å². The van der Waals surface area contributed by atoms with Crippen LogP contribution in [-0.2, 0) is 13.5 Å². The summed E-state index contributed by atoms with van der Waals surface area (Å²) in [4.78, 5) is 0. The summed E-state index contributed by atoms with van der Waals surface area (Å²) in [5.74, 6) is 1.34. The molecule has 72 valence electrons. The monoisotopic (exact) mass is 178 g/mol. The number of hydrogen-bond donors (Lipinski definition) is 1. The van der Waals surface area contributed by atoms with Gasteiger partial charge in [0, 0.05) is 19.4 Å². The van der Waals surface area contributed by atoms with E-state index in [0.29, 0.717) is 11.8 Å². The second-order valence-corrected chi connectivity index (χ2v) is 4.26. The Morgan fingerprint density at radius 3 is 3.08 bits per heavy atom. The first-order valence-electron chi connectivity index (χ1n) is 5.07. The van der Waals surface area contributed by atoms with Crippen LogP contribution in [0, 0.1) is 5.92 Å². The first kappa shape index (κ1) is 8.82. The number of nitrogens with two attached hydrogens (primary N) is 1. The van der Waals surface area contributed by atoms with Crippen LogP contribution in [0.15, 0.2) is 12.4 Å². The molecular weight excluding hydrogens is 160 g/mol. The normalized spacial score (nSPS) is 23.2. The van der Waals surface area contributed by atoms with E-state index in [4.69, 9.17) is 5.73 Å². The molecule has 1 heterocycles. The molecule has 0 amide bonds. The van der Waals surface area contributed by atoms with Gasteiger partial charge >= 0.3 is 0 Å². The van der Waals surface area contributed by atoms with Crippen LogP contribution in [0.2, 0.25) is 0 Å². The highest BCUT2D eigenvalue weighted by Crippen LogP contribution is 2.38. The molecule has 0 bridgehead atoms. The lowest BCUT2D eigenvalue weighted by Crippen LogP contribution is -2.17. The van der Waals surface area contributed by atoms with Gasteiger partial charge in [-0.05, 0) is 42.3 Å². The van der Waals surface area contributed by atoms with E-state index >= 15 is 0 Å². The topological polar surface area (TPSA) is 30.9 Å². The maximum Gasteiger partial charge on any atom is 0.0106 e. The molecule has 2 N–H and O–H groups in total. The molecule has 0 fully saturated rings. The predicted molar refractivity (Wildman–Crippen MR) is 54.7 cm³/mol. The Kier molecular flexibility index (Phi) is 2.16. The van der Waals surface area contributed by atoms with Crippen molar-refractivity contribution in [3.8, 4) is 0 Å². The lowest BCUT2D eigenvalue weighted by Gasteiger charge is -2.17. The van der Waals surface area contributed by atoms with E-state index in [2.05, 4.69) is 30.9 Å². The molecule has 1 aromatic heterocycles. The predicted octanol–water partition coefficient (Wildman–Crippen LogP) is 1.65. The van der Waals surface area contributed by atoms with Gasteiger partial charge in [0.05, 0.1) is 0 Å². The number of hydrogen-bond acceptors (Lipinski definition) is 1. The third-order valence-electron chi connectivity index (χ3n) is 3.26. The zero-order valence-corrected chi connectivity index (χ0v) is 8.46. The molecule has 0 saturated carbocycles. The number of rotatable bonds is 2. The Labute approximate surface area is 79.7 Å². The van der Waals surface area contributed by atoms with Gasteiger partial charge < -0.3 is 10.3 Å². The average molecular weight is 178 g/mol. The quantitative estimate of drug-likeness (QED) is 0.733. The Balaban J connectivity index is 2.26. The minimum Gasteiger partial charge on any atom is -0.357 e. The number of aromatic nitrogens is 1. The smallest absolute Gasteiger partial charge is 0.0106 e. The second kappa shape index (κ2) is 3.18. The number of fused-ring (bicyclic) bond motifs is 1. The number of nitrogens with zero attached hydrogens (tertiary/aromatic N) is 1. The molecule has 2 nitrogen and oxygen atoms in total. The fraction of sp³-hybridized carbons (Fsp3) is 0.636. The zero-order valence-electron chi connectivity index (χ0n) is 8.46. The Bertz CT molecular complexity index is 301. The maximum absolute atomic E-state index is 5.71. The summed E-state index contributed by atoms with van der Waals surface area (Å²) in [6.45, 7) is 3.06. The van der Waals surface area contributed by atoms with E-state index in [1.54, 1.807) is 5.56 Å². The van der Waals surface area contributed by atoms with Crippen molar-refractivity contribution in [1.82, 2.24) is 4.57 Å². The van der Waals surface area contributed by atoms with Crippen molar-refractivity contribution < 1.29 is 0 Å². The SMILES string of the molecule is CC(CN)C1CCc2cn(C)cc21. The minimum absolute atomic E-state index is 0.628. The summed E-state index contributed by atoms with van der Waals surface area (Å²) in [5.41, 5.74) is 8.79. The molecule has 2 unspecified atom stereocenters. The van der Waals surface area contributed by atoms with E-state index in [-0.39, 0.29) is 0 Å². The van der Waals surface area contributed by atoms with Crippen LogP contribution < -0.4 is 5.73 Å². The molecule has 13 heavy (non-hydrogen) atoms. The van der Waals surface area contributed by atoms with Crippen molar-refractivity contribution in [2.45, 2.75) is 25.7 Å². The van der Waals surface area contributed by atoms with Gasteiger partial charge in [0.1, 0.15) is 0 Å². The fourth-order valence-corrected chi connectivity index (χ4v) is 2.42. The Morgan fingerprint density at radius 1 is 1.62 bits per heavy atom. The molecule has 2 atom stereocenters. The van der Waals surface area contributed by atoms with Crippen LogP contribution in [-0.4, -0.2) is 11.1 Å². The highest BCUT2D eigenvalue weighted by molar-refractivity contribution is 5.33. The van der Waals surface area contributed by atoms with Crippen molar-refractivity contribution in [3.05, 3.63) is 23.5 Å². The molecule has 1 aliphatic carbocycles. The average Bonchev–Trinajstić information content (AvgIpc) is 2.61. The standard InChI is InChI=1S/C11H18N2/c1-8(5-12)10-4-3-9-6-13(2)7-11(9)10/h6-8,10H,3-5,12H2,1-2H3. The van der Waals surface area contributed by atoms with Gasteiger partial charge in [0.25, 0.3) is 0 Å². The van der Waals surface area contributed by atoms with Crippen LogP contribution in [0.4, 0.5) is 0 Å². The van der Waals surface area contributed by atoms with Crippen molar-refractivity contribution >= 4 is 0 Å². The lowest BCUT2D eigenvalue weighted by molar-refractivity contribution is 0.464. The van der Waals surface area contributed by atoms with Crippen LogP contribution in [0.5, 0.6) is 0 Å². The van der Waals surface area contributed by atoms with Gasteiger partial charge in [-0.2, -0.15) is 0 Å². The zero-order chi connectivity index (χ0) is 9.42. The number of aryl methyl sites for hydroxylation is 2. The van der Waals surface area contributed by atoms with Crippen molar-refractivity contribution in [2.75, 3.05) is 6.54 Å². The van der Waals surface area contributed by atoms with Gasteiger partial charge in [-0.1, -0.05) is 6.92 Å². The van der Waals surface area contributed by atoms with E-state index in [1.807, 2.05) is 0 Å². The van der Waals surface area contributed by atoms with E-state index in [1.165, 1.54) is 18.4 Å². The highest BCUT2D eigenvalue weighted by atomic mass is 14.9. The Morgan fingerprint density at radius 2 is 2.38 bits per heavy atom. The summed E-state index contributed by atoms with van der Waals surface area (Å²) < 4.78 is 2.17. The summed E-state index contributed by atoms with van der Waals surface area (Å²) >= 11 is 0. The minimum atomic E-state index is 0.628. The van der Waals surface area contributed by atoms with Crippen LogP contribution in [0.3, 0.4) is 0 Å². The molecule has 0 radical (unpaired) electrons. The van der Waals surface area contributed by atoms with Crippen molar-refractivity contribution in [3.63, 3.8) is 0 Å². The van der Waals surface area contributed by atoms with Gasteiger partial charge in [0.2, 0.25) is 0 Å². The van der Waals surface area contributed by atoms with Gasteiger partial charge in [-0.3, -0.25) is 0 Å². The molecule has 2 rings (SSSR count). The van der Waals surface area contributed by atoms with E-state index in [9.17, 15) is 0 Å². The summed E-state index contributed by atoms with van der Waals surface area (Å²) in [5, 5.41) is 0. The molecule has 1 aromatic rings. The molecular formula is C11H18N2. The first-order chi connectivity index (χ1) is 6.22. The molecule has 0 aliphatic heterocycles. The van der Waals surface area contributed by atoms with Crippen LogP contribution >= 0.6 is 0 Å². The maximum atomic E-state index is 5.71. The third-order valence-corrected chi connectivity index (χ3v) is 3.26. The summed E-state index contributed by atoms with van der Waals surface area (Å²) in [7, 11) is 2.10. The first-order valence-corrected chi connectivity index (χ1v) is 5.07. The lowest BCUT2D eigenvalue weighted by atomic mass is 9.90. The van der Waals surface area contributed by atoms with Crippen LogP contribution in [0.1, 0.15) is 30.4 Å². The van der Waals surface area contributed by atoms with E-state index < -0.39 is 0 Å². The second-order valence-electron chi connectivity index (χ2n) is 4.26. The molecule has 2 heteroatoms. The Hall–Kier alpha value is -0.760. The van der Waals surface area contributed by atoms with Crippen molar-refractivity contribution in [1.29, 1.82) is 0 Å². The van der Waals surface area contributed by atoms with Gasteiger partial charge in [-0.15, -0.1) is 0 Å². The third kappa shape index (κ3) is 1.39. The fourth-order valence-electron chi connectivity index (χ4n) is 2.42. The summed E-state index contributed by atoms with van der Waals surface area (Å²) in [6, 6.07) is 0. The van der Waals surface area contributed by atoms with Gasteiger partial charge in [0.15, 0.2) is 0 Å². The molecule has 0 aromatic carbocycles. The van der Waals surface area contributed by atoms with Crippen LogP contribution in [0.25, 0.3) is 0 Å².